The number of esters is 1. The molecule has 43 heavy (non-hydrogen) atoms. The maximum Gasteiger partial charge on any atom is 0.310 e. The van der Waals surface area contributed by atoms with Crippen molar-refractivity contribution in [2.75, 3.05) is 19.7 Å². The predicted molar refractivity (Wildman–Crippen MR) is 161 cm³/mol. The van der Waals surface area contributed by atoms with E-state index in [0.29, 0.717) is 31.6 Å². The lowest BCUT2D eigenvalue weighted by Crippen LogP contribution is -2.52. The van der Waals surface area contributed by atoms with Crippen LogP contribution in [0, 0.1) is 5.92 Å². The summed E-state index contributed by atoms with van der Waals surface area (Å²) in [6, 6.07) is 21.5. The summed E-state index contributed by atoms with van der Waals surface area (Å²) in [5.74, 6) is -1.71. The van der Waals surface area contributed by atoms with Gasteiger partial charge < -0.3 is 25.0 Å². The van der Waals surface area contributed by atoms with E-state index in [9.17, 15) is 19.2 Å². The number of fused-ring (bicyclic) bond motifs is 1. The standard InChI is InChI=1S/C33H36N4O6/c1-2-42-33-28(17-30(39)43-33)35-29(38)21-37-20-23(19-34-18-22-9-4-3-5-10-22)15-16-27(32(37)41)36-31(40)26-14-8-12-24-11-6-7-13-25(24)26/h3-14,19,23,27-28,33H,2,15-18,20-21H2,1H3,(H,35,38)(H,36,40). The van der Waals surface area contributed by atoms with Crippen LogP contribution in [0.1, 0.15) is 42.1 Å². The van der Waals surface area contributed by atoms with Crippen LogP contribution in [0.25, 0.3) is 10.8 Å². The number of benzene rings is 3. The Morgan fingerprint density at radius 2 is 1.77 bits per heavy atom. The number of likely N-dealkylation sites (tertiary alicyclic amines) is 1. The first-order chi connectivity index (χ1) is 20.9. The first kappa shape index (κ1) is 29.9. The largest absolute Gasteiger partial charge is 0.433 e. The summed E-state index contributed by atoms with van der Waals surface area (Å²) in [6.45, 7) is 2.61. The van der Waals surface area contributed by atoms with Crippen LogP contribution >= 0.6 is 0 Å². The fraction of sp³-hybridized carbons (Fsp3) is 0.364. The van der Waals surface area contributed by atoms with E-state index >= 15 is 0 Å². The lowest BCUT2D eigenvalue weighted by atomic mass is 10.0. The van der Waals surface area contributed by atoms with Crippen LogP contribution in [0.2, 0.25) is 0 Å². The van der Waals surface area contributed by atoms with Crippen LogP contribution in [0.4, 0.5) is 0 Å². The summed E-state index contributed by atoms with van der Waals surface area (Å²) in [5.41, 5.74) is 1.55. The fourth-order valence-corrected chi connectivity index (χ4v) is 5.53. The van der Waals surface area contributed by atoms with Crippen molar-refractivity contribution in [1.82, 2.24) is 15.5 Å². The Hall–Kier alpha value is -4.57. The van der Waals surface area contributed by atoms with Gasteiger partial charge in [-0.25, -0.2) is 0 Å². The Balaban J connectivity index is 1.31. The quantitative estimate of drug-likeness (QED) is 0.278. The first-order valence-corrected chi connectivity index (χ1v) is 14.6. The van der Waals surface area contributed by atoms with E-state index in [2.05, 4.69) is 15.6 Å². The van der Waals surface area contributed by atoms with Crippen molar-refractivity contribution >= 4 is 40.7 Å². The third kappa shape index (κ3) is 7.64. The summed E-state index contributed by atoms with van der Waals surface area (Å²) >= 11 is 0. The number of nitrogens with one attached hydrogen (secondary N) is 2. The van der Waals surface area contributed by atoms with Crippen LogP contribution in [-0.2, 0) is 30.4 Å². The maximum atomic E-state index is 13.8. The van der Waals surface area contributed by atoms with Gasteiger partial charge in [0, 0.05) is 30.8 Å². The van der Waals surface area contributed by atoms with Gasteiger partial charge >= 0.3 is 5.97 Å². The molecular formula is C33H36N4O6. The van der Waals surface area contributed by atoms with Crippen LogP contribution in [0.15, 0.2) is 77.8 Å². The van der Waals surface area contributed by atoms with Crippen LogP contribution in [0.5, 0.6) is 0 Å². The SMILES string of the molecule is CCOC1OC(=O)CC1NC(=O)CN1CC(C=NCc2ccccc2)CCC(NC(=O)c2cccc3ccccc23)C1=O. The lowest BCUT2D eigenvalue weighted by molar-refractivity contribution is -0.164. The van der Waals surface area contributed by atoms with Crippen molar-refractivity contribution in [3.05, 3.63) is 83.9 Å². The van der Waals surface area contributed by atoms with Gasteiger partial charge in [0.15, 0.2) is 0 Å². The van der Waals surface area contributed by atoms with E-state index in [0.717, 1.165) is 16.3 Å². The van der Waals surface area contributed by atoms with Gasteiger partial charge in [-0.15, -0.1) is 0 Å². The second-order valence-electron chi connectivity index (χ2n) is 10.8. The molecule has 3 aromatic rings. The first-order valence-electron chi connectivity index (χ1n) is 14.6. The monoisotopic (exact) mass is 584 g/mol. The Morgan fingerprint density at radius 3 is 2.58 bits per heavy atom. The lowest BCUT2D eigenvalue weighted by Gasteiger charge is -2.26. The molecule has 2 aliphatic rings. The molecule has 2 N–H and O–H groups in total. The third-order valence-electron chi connectivity index (χ3n) is 7.64. The smallest absolute Gasteiger partial charge is 0.310 e. The number of aliphatic imine (C=N–C) groups is 1. The van der Waals surface area contributed by atoms with Gasteiger partial charge in [0.25, 0.3) is 5.91 Å². The Bertz CT molecular complexity index is 1490. The van der Waals surface area contributed by atoms with E-state index in [1.54, 1.807) is 13.0 Å². The molecule has 0 bridgehead atoms. The Labute approximate surface area is 250 Å². The zero-order chi connectivity index (χ0) is 30.2. The summed E-state index contributed by atoms with van der Waals surface area (Å²) < 4.78 is 10.6. The van der Waals surface area contributed by atoms with Crippen LogP contribution in [0.3, 0.4) is 0 Å². The topological polar surface area (TPSA) is 126 Å². The highest BCUT2D eigenvalue weighted by molar-refractivity contribution is 6.08. The zero-order valence-electron chi connectivity index (χ0n) is 24.1. The second-order valence-corrected chi connectivity index (χ2v) is 10.8. The number of rotatable bonds is 10. The number of carbonyl (C=O) groups excluding carboxylic acids is 4. The van der Waals surface area contributed by atoms with Gasteiger partial charge in [0.1, 0.15) is 12.1 Å². The summed E-state index contributed by atoms with van der Waals surface area (Å²) in [5, 5.41) is 7.44. The molecule has 4 unspecified atom stereocenters. The molecule has 2 fully saturated rings. The van der Waals surface area contributed by atoms with Gasteiger partial charge in [0.05, 0.1) is 19.5 Å². The van der Waals surface area contributed by atoms with Gasteiger partial charge in [-0.1, -0.05) is 66.7 Å². The number of nitrogens with zero attached hydrogens (tertiary/aromatic N) is 2. The molecular weight excluding hydrogens is 548 g/mol. The molecule has 0 saturated carbocycles. The molecule has 0 aliphatic carbocycles. The summed E-state index contributed by atoms with van der Waals surface area (Å²) in [7, 11) is 0. The predicted octanol–water partition coefficient (Wildman–Crippen LogP) is 3.24. The van der Waals surface area contributed by atoms with Crippen molar-refractivity contribution in [2.45, 2.75) is 51.1 Å². The number of hydrogen-bond donors (Lipinski definition) is 2. The zero-order valence-corrected chi connectivity index (χ0v) is 24.1. The van der Waals surface area contributed by atoms with E-state index in [1.165, 1.54) is 4.90 Å². The Morgan fingerprint density at radius 1 is 1.00 bits per heavy atom. The molecule has 4 atom stereocenters. The molecule has 3 aromatic carbocycles. The van der Waals surface area contributed by atoms with E-state index in [1.807, 2.05) is 72.9 Å². The maximum absolute atomic E-state index is 13.8. The molecule has 0 spiro atoms. The van der Waals surface area contributed by atoms with Crippen molar-refractivity contribution in [1.29, 1.82) is 0 Å². The number of ether oxygens (including phenoxy) is 2. The molecule has 0 aromatic heterocycles. The van der Waals surface area contributed by atoms with Crippen molar-refractivity contribution in [2.24, 2.45) is 10.9 Å². The Kier molecular flexibility index (Phi) is 9.78. The molecule has 3 amide bonds. The van der Waals surface area contributed by atoms with E-state index in [4.69, 9.17) is 9.47 Å². The number of hydrogen-bond acceptors (Lipinski definition) is 7. The van der Waals surface area contributed by atoms with E-state index in [-0.39, 0.29) is 37.2 Å². The fourth-order valence-electron chi connectivity index (χ4n) is 5.53. The summed E-state index contributed by atoms with van der Waals surface area (Å²) in [4.78, 5) is 58.3. The molecule has 224 valence electrons. The van der Waals surface area contributed by atoms with Gasteiger partial charge in [-0.05, 0) is 42.2 Å². The van der Waals surface area contributed by atoms with Gasteiger partial charge in [0.2, 0.25) is 18.1 Å². The number of amides is 3. The van der Waals surface area contributed by atoms with Gasteiger partial charge in [-0.2, -0.15) is 0 Å². The van der Waals surface area contributed by atoms with Crippen LogP contribution < -0.4 is 10.6 Å². The summed E-state index contributed by atoms with van der Waals surface area (Å²) in [6.07, 6.45) is 1.96. The highest BCUT2D eigenvalue weighted by Gasteiger charge is 2.38. The molecule has 2 aliphatic heterocycles. The second kappa shape index (κ2) is 14.1. The minimum Gasteiger partial charge on any atom is -0.433 e. The van der Waals surface area contributed by atoms with Crippen molar-refractivity contribution < 1.29 is 28.7 Å². The van der Waals surface area contributed by atoms with Crippen molar-refractivity contribution in [3.8, 4) is 0 Å². The average Bonchev–Trinajstić information content (AvgIpc) is 3.28. The third-order valence-corrected chi connectivity index (χ3v) is 7.64. The minimum absolute atomic E-state index is 0.0111. The molecule has 10 heteroatoms. The normalized spacial score (nSPS) is 22.4. The number of carbonyl (C=O) groups is 4. The molecule has 10 nitrogen and oxygen atoms in total. The average molecular weight is 585 g/mol. The van der Waals surface area contributed by atoms with Crippen LogP contribution in [-0.4, -0.2) is 72.9 Å². The minimum atomic E-state index is -0.869. The highest BCUT2D eigenvalue weighted by Crippen LogP contribution is 2.22. The van der Waals surface area contributed by atoms with Gasteiger partial charge in [-0.3, -0.25) is 24.2 Å². The molecule has 0 radical (unpaired) electrons. The van der Waals surface area contributed by atoms with E-state index < -0.39 is 30.3 Å². The molecule has 2 heterocycles. The molecule has 5 rings (SSSR count). The number of cyclic esters (lactones) is 1. The van der Waals surface area contributed by atoms with Crippen molar-refractivity contribution in [3.63, 3.8) is 0 Å². The highest BCUT2D eigenvalue weighted by atomic mass is 16.7. The molecule has 2 saturated heterocycles.